The molecule has 0 bridgehead atoms. The highest BCUT2D eigenvalue weighted by atomic mass is 31.2. The molecule has 3 atom stereocenters. The van der Waals surface area contributed by atoms with Crippen LogP contribution in [-0.2, 0) is 18.4 Å². The van der Waals surface area contributed by atoms with Crippen molar-refractivity contribution in [1.29, 1.82) is 0 Å². The lowest BCUT2D eigenvalue weighted by Gasteiger charge is -2.30. The second-order valence-corrected chi connectivity index (χ2v) is 24.9. The summed E-state index contributed by atoms with van der Waals surface area (Å²) >= 11 is 0. The number of rotatable bonds is 60. The van der Waals surface area contributed by atoms with Gasteiger partial charge < -0.3 is 28.8 Å². The minimum absolute atomic E-state index is 0.0168. The van der Waals surface area contributed by atoms with Gasteiger partial charge in [0.1, 0.15) is 13.2 Å². The van der Waals surface area contributed by atoms with E-state index in [9.17, 15) is 19.4 Å². The Bertz CT molecular complexity index is 1120. The number of phosphoric ester groups is 1. The molecule has 2 N–H and O–H groups in total. The van der Waals surface area contributed by atoms with Crippen LogP contribution in [0.2, 0.25) is 0 Å². The summed E-state index contributed by atoms with van der Waals surface area (Å²) < 4.78 is 23.5. The lowest BCUT2D eigenvalue weighted by molar-refractivity contribution is -0.870. The zero-order chi connectivity index (χ0) is 52.0. The molecule has 0 aromatic carbocycles. The Balaban J connectivity index is 4.02. The van der Waals surface area contributed by atoms with Crippen LogP contribution in [0.1, 0.15) is 341 Å². The number of hydrogen-bond donors (Lipinski definition) is 2. The molecule has 0 aliphatic heterocycles. The molecule has 0 spiro atoms. The van der Waals surface area contributed by atoms with Gasteiger partial charge in [-0.3, -0.25) is 9.36 Å². The van der Waals surface area contributed by atoms with Crippen molar-refractivity contribution in [3.05, 3.63) is 0 Å². The lowest BCUT2D eigenvalue weighted by atomic mass is 10.0. The maximum atomic E-state index is 13.0. The van der Waals surface area contributed by atoms with Gasteiger partial charge in [-0.25, -0.2) is 0 Å². The van der Waals surface area contributed by atoms with Crippen LogP contribution >= 0.6 is 7.82 Å². The number of carbonyl (C=O) groups excluding carboxylic acids is 1. The van der Waals surface area contributed by atoms with E-state index in [1.807, 2.05) is 21.1 Å². The third-order valence-corrected chi connectivity index (χ3v) is 16.1. The summed E-state index contributed by atoms with van der Waals surface area (Å²) in [5.74, 6) is -0.156. The van der Waals surface area contributed by atoms with Crippen LogP contribution in [-0.4, -0.2) is 68.5 Å². The summed E-state index contributed by atoms with van der Waals surface area (Å²) in [6, 6.07) is -0.796. The molecule has 0 aromatic heterocycles. The molecular weight excluding hydrogens is 900 g/mol. The Labute approximate surface area is 444 Å². The van der Waals surface area contributed by atoms with Crippen molar-refractivity contribution >= 4 is 13.7 Å². The van der Waals surface area contributed by atoms with Crippen LogP contribution < -0.4 is 10.2 Å². The van der Waals surface area contributed by atoms with Crippen molar-refractivity contribution in [2.45, 2.75) is 353 Å². The topological polar surface area (TPSA) is 108 Å². The van der Waals surface area contributed by atoms with Crippen LogP contribution in [0.4, 0.5) is 0 Å². The average molecular weight is 1030 g/mol. The minimum Gasteiger partial charge on any atom is -0.756 e. The molecule has 0 radical (unpaired) electrons. The number of hydrogen-bond acceptors (Lipinski definition) is 6. The van der Waals surface area contributed by atoms with Gasteiger partial charge >= 0.3 is 0 Å². The predicted molar refractivity (Wildman–Crippen MR) is 307 cm³/mol. The number of unbranched alkanes of at least 4 members (excludes halogenated alkanes) is 47. The first-order chi connectivity index (χ1) is 34.5. The van der Waals surface area contributed by atoms with Crippen molar-refractivity contribution in [3.8, 4) is 0 Å². The molecule has 71 heavy (non-hydrogen) atoms. The lowest BCUT2D eigenvalue weighted by Crippen LogP contribution is -2.46. The molecule has 9 heteroatoms. The minimum atomic E-state index is -4.57. The summed E-state index contributed by atoms with van der Waals surface area (Å²) in [4.78, 5) is 25.6. The Kier molecular flexibility index (Phi) is 53.9. The van der Waals surface area contributed by atoms with E-state index in [4.69, 9.17) is 9.05 Å². The Morgan fingerprint density at radius 1 is 0.437 bits per heavy atom. The molecule has 8 nitrogen and oxygen atoms in total. The Morgan fingerprint density at radius 3 is 0.958 bits per heavy atom. The number of phosphoric acid groups is 1. The monoisotopic (exact) mass is 1030 g/mol. The number of likely N-dealkylation sites (N-methyl/N-ethyl adjacent to an activating group) is 1. The number of nitrogens with one attached hydrogen (secondary N) is 1. The van der Waals surface area contributed by atoms with Gasteiger partial charge in [-0.1, -0.05) is 322 Å². The zero-order valence-corrected chi connectivity index (χ0v) is 49.6. The quantitative estimate of drug-likeness (QED) is 0.0357. The SMILES string of the molecule is CCCCCCCCCCCCCCCCCCCCCCCCCCCCCCCCC(O)C(COP(=O)([O-])OCC[N+](C)(C)C)NC(=O)CCCCCCCCCCCCCCCCCCCCC. The fraction of sp³-hybridized carbons (Fsp3) is 0.984. The highest BCUT2D eigenvalue weighted by Gasteiger charge is 2.24. The third-order valence-electron chi connectivity index (χ3n) is 15.1. The first-order valence-corrected chi connectivity index (χ1v) is 33.3. The van der Waals surface area contributed by atoms with E-state index in [1.54, 1.807) is 0 Å². The van der Waals surface area contributed by atoms with Crippen LogP contribution in [0, 0.1) is 0 Å². The molecule has 0 saturated carbocycles. The molecule has 0 aromatic rings. The number of amides is 1. The molecular formula is C62H127N2O6P. The summed E-state index contributed by atoms with van der Waals surface area (Å²) in [6.07, 6.45) is 65.9. The highest BCUT2D eigenvalue weighted by molar-refractivity contribution is 7.45. The predicted octanol–water partition coefficient (Wildman–Crippen LogP) is 19.0. The molecule has 0 fully saturated rings. The van der Waals surface area contributed by atoms with E-state index in [0.717, 1.165) is 38.5 Å². The summed E-state index contributed by atoms with van der Waals surface area (Å²) in [7, 11) is 1.33. The number of aliphatic hydroxyl groups is 1. The number of carbonyl (C=O) groups is 1. The second kappa shape index (κ2) is 54.3. The maximum absolute atomic E-state index is 13.0. The fourth-order valence-corrected chi connectivity index (χ4v) is 10.8. The molecule has 426 valence electrons. The van der Waals surface area contributed by atoms with Gasteiger partial charge in [-0.05, 0) is 12.8 Å². The van der Waals surface area contributed by atoms with Crippen LogP contribution in [0.25, 0.3) is 0 Å². The molecule has 0 aliphatic rings. The summed E-state index contributed by atoms with van der Waals surface area (Å²) in [6.45, 7) is 4.79. The van der Waals surface area contributed by atoms with Crippen LogP contribution in [0.15, 0.2) is 0 Å². The largest absolute Gasteiger partial charge is 0.756 e. The Morgan fingerprint density at radius 2 is 0.690 bits per heavy atom. The van der Waals surface area contributed by atoms with Crippen molar-refractivity contribution in [2.24, 2.45) is 0 Å². The summed E-state index contributed by atoms with van der Waals surface area (Å²) in [5.41, 5.74) is 0. The van der Waals surface area contributed by atoms with Gasteiger partial charge in [-0.2, -0.15) is 0 Å². The van der Waals surface area contributed by atoms with E-state index < -0.39 is 20.0 Å². The number of quaternary nitrogens is 1. The van der Waals surface area contributed by atoms with Gasteiger partial charge in [0.2, 0.25) is 5.91 Å². The van der Waals surface area contributed by atoms with E-state index in [2.05, 4.69) is 19.2 Å². The third kappa shape index (κ3) is 57.1. The number of nitrogens with zero attached hydrogens (tertiary/aromatic N) is 1. The van der Waals surface area contributed by atoms with Crippen LogP contribution in [0.3, 0.4) is 0 Å². The average Bonchev–Trinajstić information content (AvgIpc) is 3.33. The van der Waals surface area contributed by atoms with Crippen molar-refractivity contribution in [3.63, 3.8) is 0 Å². The van der Waals surface area contributed by atoms with E-state index in [1.165, 1.54) is 276 Å². The van der Waals surface area contributed by atoms with Crippen molar-refractivity contribution in [2.75, 3.05) is 40.9 Å². The molecule has 0 heterocycles. The van der Waals surface area contributed by atoms with Gasteiger partial charge in [0.15, 0.2) is 0 Å². The fourth-order valence-electron chi connectivity index (χ4n) is 10.1. The van der Waals surface area contributed by atoms with E-state index >= 15 is 0 Å². The van der Waals surface area contributed by atoms with E-state index in [0.29, 0.717) is 23.9 Å². The van der Waals surface area contributed by atoms with Gasteiger partial charge in [-0.15, -0.1) is 0 Å². The van der Waals surface area contributed by atoms with Crippen molar-refractivity contribution < 1.29 is 32.9 Å². The van der Waals surface area contributed by atoms with Gasteiger partial charge in [0.25, 0.3) is 7.82 Å². The standard InChI is InChI=1S/C62H127N2O6P/c1-6-8-10-12-14-16-18-20-22-24-26-27-28-29-30-31-32-33-34-35-36-38-39-41-43-45-47-49-51-53-55-61(65)60(59-70-71(67,68)69-58-57-64(3,4)5)63-62(66)56-54-52-50-48-46-44-42-40-37-25-23-21-19-17-15-13-11-9-7-2/h60-61,65H,6-59H2,1-5H3,(H-,63,66,67,68). The number of aliphatic hydroxyl groups excluding tert-OH is 1. The van der Waals surface area contributed by atoms with Crippen LogP contribution in [0.5, 0.6) is 0 Å². The first kappa shape index (κ1) is 70.5. The molecule has 0 aliphatic carbocycles. The maximum Gasteiger partial charge on any atom is 0.268 e. The van der Waals surface area contributed by atoms with E-state index in [-0.39, 0.29) is 19.1 Å². The first-order valence-electron chi connectivity index (χ1n) is 31.9. The van der Waals surface area contributed by atoms with Gasteiger partial charge in [0.05, 0.1) is 39.9 Å². The molecule has 0 rings (SSSR count). The molecule has 1 amide bonds. The Hall–Kier alpha value is -0.500. The van der Waals surface area contributed by atoms with Crippen molar-refractivity contribution in [1.82, 2.24) is 5.32 Å². The highest BCUT2D eigenvalue weighted by Crippen LogP contribution is 2.38. The van der Waals surface area contributed by atoms with Gasteiger partial charge in [0, 0.05) is 6.42 Å². The molecule has 3 unspecified atom stereocenters. The zero-order valence-electron chi connectivity index (χ0n) is 48.7. The summed E-state index contributed by atoms with van der Waals surface area (Å²) in [5, 5.41) is 14.1. The molecule has 0 saturated heterocycles. The smallest absolute Gasteiger partial charge is 0.268 e. The normalized spacial score (nSPS) is 13.7. The second-order valence-electron chi connectivity index (χ2n) is 23.5.